The zero-order chi connectivity index (χ0) is 48.3. The van der Waals surface area contributed by atoms with Gasteiger partial charge in [0.2, 0.25) is 5.91 Å². The molecule has 1 aliphatic heterocycles. The summed E-state index contributed by atoms with van der Waals surface area (Å²) in [7, 11) is 0. The van der Waals surface area contributed by atoms with Crippen molar-refractivity contribution >= 4 is 5.91 Å². The van der Waals surface area contributed by atoms with Gasteiger partial charge in [0.1, 0.15) is 36.6 Å². The van der Waals surface area contributed by atoms with Crippen LogP contribution in [0, 0.1) is 0 Å². The average molecular weight is 944 g/mol. The van der Waals surface area contributed by atoms with Gasteiger partial charge in [-0.05, 0) is 12.8 Å². The lowest BCUT2D eigenvalue weighted by atomic mass is 9.98. The molecule has 1 fully saturated rings. The lowest BCUT2D eigenvalue weighted by Crippen LogP contribution is -2.60. The lowest BCUT2D eigenvalue weighted by molar-refractivity contribution is -0.303. The minimum absolute atomic E-state index is 0.267. The van der Waals surface area contributed by atoms with Crippen molar-refractivity contribution in [3.05, 3.63) is 0 Å². The smallest absolute Gasteiger partial charge is 0.249 e. The average Bonchev–Trinajstić information content (AvgIpc) is 3.32. The van der Waals surface area contributed by atoms with E-state index in [0.29, 0.717) is 19.3 Å². The van der Waals surface area contributed by atoms with Crippen molar-refractivity contribution in [2.75, 3.05) is 13.2 Å². The minimum Gasteiger partial charge on any atom is -0.394 e. The van der Waals surface area contributed by atoms with E-state index in [4.69, 9.17) is 9.47 Å². The number of rotatable bonds is 49. The fourth-order valence-electron chi connectivity index (χ4n) is 9.50. The van der Waals surface area contributed by atoms with Crippen LogP contribution in [-0.4, -0.2) is 110 Å². The minimum atomic E-state index is -1.66. The summed E-state index contributed by atoms with van der Waals surface area (Å²) in [6.45, 7) is 3.44. The lowest BCUT2D eigenvalue weighted by Gasteiger charge is -2.40. The Balaban J connectivity index is 2.15. The number of aliphatic hydroxyl groups is 7. The van der Waals surface area contributed by atoms with E-state index >= 15 is 0 Å². The van der Waals surface area contributed by atoms with Crippen LogP contribution < -0.4 is 5.32 Å². The number of unbranched alkanes of at least 4 members (excludes halogenated alkanes) is 37. The Morgan fingerprint density at radius 1 is 0.470 bits per heavy atom. The van der Waals surface area contributed by atoms with Crippen molar-refractivity contribution in [1.82, 2.24) is 5.32 Å². The standard InChI is InChI=1S/C55H109NO10/c1-3-5-7-9-11-13-14-15-16-17-18-19-20-21-22-23-24-25-26-27-28-29-30-31-32-33-35-37-39-41-43-48(59)54(64)56-46(45-65-55-53(63)52(62)51(61)49(44-57)66-55)50(60)47(58)42-40-38-36-34-12-10-8-6-4-2/h46-53,55,57-63H,3-45H2,1-2H3,(H,56,64). The zero-order valence-electron chi connectivity index (χ0n) is 43.0. The van der Waals surface area contributed by atoms with Gasteiger partial charge in [-0.2, -0.15) is 0 Å². The van der Waals surface area contributed by atoms with Crippen molar-refractivity contribution in [3.63, 3.8) is 0 Å². The number of hydrogen-bond acceptors (Lipinski definition) is 10. The molecule has 11 nitrogen and oxygen atoms in total. The number of nitrogens with one attached hydrogen (secondary N) is 1. The molecule has 1 saturated heterocycles. The normalized spacial score (nSPS) is 20.7. The van der Waals surface area contributed by atoms with Crippen molar-refractivity contribution < 1.29 is 50.0 Å². The highest BCUT2D eigenvalue weighted by Gasteiger charge is 2.44. The van der Waals surface area contributed by atoms with Gasteiger partial charge in [0, 0.05) is 0 Å². The maximum Gasteiger partial charge on any atom is 0.249 e. The molecule has 0 radical (unpaired) electrons. The molecule has 8 N–H and O–H groups in total. The summed E-state index contributed by atoms with van der Waals surface area (Å²) in [6.07, 6.45) is 39.1. The molecule has 0 aliphatic carbocycles. The van der Waals surface area contributed by atoms with E-state index in [1.165, 1.54) is 199 Å². The largest absolute Gasteiger partial charge is 0.394 e. The van der Waals surface area contributed by atoms with Gasteiger partial charge >= 0.3 is 0 Å². The molecule has 0 aromatic carbocycles. The molecule has 1 heterocycles. The first kappa shape index (κ1) is 63.1. The van der Waals surface area contributed by atoms with E-state index in [1.807, 2.05) is 0 Å². The maximum absolute atomic E-state index is 13.1. The summed E-state index contributed by atoms with van der Waals surface area (Å²) in [5.41, 5.74) is 0. The Kier molecular flexibility index (Phi) is 43.3. The van der Waals surface area contributed by atoms with Crippen molar-refractivity contribution in [2.45, 2.75) is 332 Å². The monoisotopic (exact) mass is 944 g/mol. The number of hydrogen-bond donors (Lipinski definition) is 8. The van der Waals surface area contributed by atoms with Gasteiger partial charge in [-0.1, -0.05) is 264 Å². The molecule has 394 valence electrons. The second-order valence-corrected chi connectivity index (χ2v) is 20.4. The van der Waals surface area contributed by atoms with Crippen LogP contribution in [0.4, 0.5) is 0 Å². The molecular weight excluding hydrogens is 835 g/mol. The highest BCUT2D eigenvalue weighted by Crippen LogP contribution is 2.24. The SMILES string of the molecule is CCCCCCCCCCCCCCCCCCCCCCCCCCCCCCCCC(O)C(=O)NC(COC1OC(CO)C(O)C(O)C1O)C(O)C(O)CCCCCCCCCCC. The van der Waals surface area contributed by atoms with Crippen LogP contribution in [0.5, 0.6) is 0 Å². The van der Waals surface area contributed by atoms with Crippen LogP contribution in [-0.2, 0) is 14.3 Å². The third kappa shape index (κ3) is 33.6. The number of aliphatic hydroxyl groups excluding tert-OH is 7. The Hall–Kier alpha value is -0.890. The molecule has 9 atom stereocenters. The van der Waals surface area contributed by atoms with Crippen LogP contribution in [0.3, 0.4) is 0 Å². The fourth-order valence-corrected chi connectivity index (χ4v) is 9.50. The van der Waals surface area contributed by atoms with Crippen molar-refractivity contribution in [1.29, 1.82) is 0 Å². The summed E-state index contributed by atoms with van der Waals surface area (Å²) in [4.78, 5) is 13.1. The summed E-state index contributed by atoms with van der Waals surface area (Å²) in [6, 6.07) is -1.16. The summed E-state index contributed by atoms with van der Waals surface area (Å²) in [5.74, 6) is -0.692. The van der Waals surface area contributed by atoms with Crippen LogP contribution in [0.25, 0.3) is 0 Å². The first-order valence-electron chi connectivity index (χ1n) is 28.4. The van der Waals surface area contributed by atoms with E-state index in [2.05, 4.69) is 19.2 Å². The fraction of sp³-hybridized carbons (Fsp3) is 0.982. The van der Waals surface area contributed by atoms with E-state index < -0.39 is 74.2 Å². The first-order chi connectivity index (χ1) is 32.2. The van der Waals surface area contributed by atoms with Gasteiger partial charge in [-0.25, -0.2) is 0 Å². The molecule has 9 unspecified atom stereocenters. The molecule has 0 spiro atoms. The molecule has 0 saturated carbocycles. The second kappa shape index (κ2) is 45.3. The molecule has 0 bridgehead atoms. The molecule has 0 aromatic heterocycles. The van der Waals surface area contributed by atoms with E-state index in [-0.39, 0.29) is 6.42 Å². The highest BCUT2D eigenvalue weighted by molar-refractivity contribution is 5.80. The van der Waals surface area contributed by atoms with Gasteiger partial charge in [0.05, 0.1) is 25.4 Å². The second-order valence-electron chi connectivity index (χ2n) is 20.4. The van der Waals surface area contributed by atoms with E-state index in [0.717, 1.165) is 38.5 Å². The van der Waals surface area contributed by atoms with Gasteiger partial charge in [-0.15, -0.1) is 0 Å². The molecule has 1 rings (SSSR count). The van der Waals surface area contributed by atoms with E-state index in [9.17, 15) is 40.5 Å². The zero-order valence-corrected chi connectivity index (χ0v) is 43.0. The number of carbonyl (C=O) groups is 1. The third-order valence-electron chi connectivity index (χ3n) is 14.2. The van der Waals surface area contributed by atoms with Gasteiger partial charge in [0.25, 0.3) is 0 Å². The summed E-state index contributed by atoms with van der Waals surface area (Å²) >= 11 is 0. The van der Waals surface area contributed by atoms with Gasteiger partial charge in [0.15, 0.2) is 6.29 Å². The number of carbonyl (C=O) groups excluding carboxylic acids is 1. The van der Waals surface area contributed by atoms with Crippen LogP contribution in [0.2, 0.25) is 0 Å². The summed E-state index contributed by atoms with van der Waals surface area (Å²) < 4.78 is 11.1. The predicted molar refractivity (Wildman–Crippen MR) is 270 cm³/mol. The van der Waals surface area contributed by atoms with Gasteiger partial charge in [-0.3, -0.25) is 4.79 Å². The Morgan fingerprint density at radius 3 is 1.12 bits per heavy atom. The van der Waals surface area contributed by atoms with Crippen LogP contribution in [0.15, 0.2) is 0 Å². The van der Waals surface area contributed by atoms with Crippen molar-refractivity contribution in [3.8, 4) is 0 Å². The molecule has 0 aromatic rings. The molecule has 66 heavy (non-hydrogen) atoms. The molecule has 1 aliphatic rings. The molecular formula is C55H109NO10. The summed E-state index contributed by atoms with van der Waals surface area (Å²) in [5, 5.41) is 75.7. The topological polar surface area (TPSA) is 189 Å². The number of amides is 1. The Labute approximate surface area is 405 Å². The quantitative estimate of drug-likeness (QED) is 0.0273. The molecule has 1 amide bonds. The van der Waals surface area contributed by atoms with Crippen LogP contribution >= 0.6 is 0 Å². The maximum atomic E-state index is 13.1. The third-order valence-corrected chi connectivity index (χ3v) is 14.2. The first-order valence-corrected chi connectivity index (χ1v) is 28.4. The molecule has 11 heteroatoms. The predicted octanol–water partition coefficient (Wildman–Crippen LogP) is 11.4. The highest BCUT2D eigenvalue weighted by atomic mass is 16.7. The van der Waals surface area contributed by atoms with Crippen molar-refractivity contribution in [2.24, 2.45) is 0 Å². The number of ether oxygens (including phenoxy) is 2. The van der Waals surface area contributed by atoms with Gasteiger partial charge < -0.3 is 50.5 Å². The van der Waals surface area contributed by atoms with Crippen LogP contribution in [0.1, 0.15) is 277 Å². The Bertz CT molecular complexity index is 1040. The van der Waals surface area contributed by atoms with E-state index in [1.54, 1.807) is 0 Å². The Morgan fingerprint density at radius 2 is 0.788 bits per heavy atom.